The van der Waals surface area contributed by atoms with Crippen LogP contribution < -0.4 is 5.32 Å². The van der Waals surface area contributed by atoms with E-state index in [0.29, 0.717) is 0 Å². The Hall–Kier alpha value is -2.76. The van der Waals surface area contributed by atoms with Gasteiger partial charge in [-0.2, -0.15) is 13.2 Å². The van der Waals surface area contributed by atoms with Crippen LogP contribution in [0, 0.1) is 17.0 Å². The van der Waals surface area contributed by atoms with E-state index in [1.807, 2.05) is 0 Å². The van der Waals surface area contributed by atoms with Gasteiger partial charge in [0.25, 0.3) is 0 Å². The first-order chi connectivity index (χ1) is 11.6. The molecule has 134 valence electrons. The monoisotopic (exact) mass is 376 g/mol. The summed E-state index contributed by atoms with van der Waals surface area (Å²) < 4.78 is 49.5. The second-order valence-corrected chi connectivity index (χ2v) is 6.29. The molecule has 0 spiro atoms. The van der Waals surface area contributed by atoms with Gasteiger partial charge in [-0.1, -0.05) is 0 Å². The molecule has 0 aliphatic carbocycles. The Morgan fingerprint density at radius 2 is 1.96 bits per heavy atom. The molecule has 0 aliphatic heterocycles. The van der Waals surface area contributed by atoms with Crippen molar-refractivity contribution in [1.29, 1.82) is 0 Å². The van der Waals surface area contributed by atoms with Gasteiger partial charge in [-0.05, 0) is 34.2 Å². The van der Waals surface area contributed by atoms with E-state index in [1.165, 1.54) is 23.6 Å². The van der Waals surface area contributed by atoms with Gasteiger partial charge < -0.3 is 15.4 Å². The summed E-state index contributed by atoms with van der Waals surface area (Å²) in [6.07, 6.45) is 1.10. The molecule has 1 aromatic carbocycles. The van der Waals surface area contributed by atoms with Gasteiger partial charge in [-0.15, -0.1) is 0 Å². The van der Waals surface area contributed by atoms with Crippen LogP contribution in [0.5, 0.6) is 0 Å². The van der Waals surface area contributed by atoms with Crippen molar-refractivity contribution < 1.29 is 27.1 Å². The van der Waals surface area contributed by atoms with Crippen molar-refractivity contribution in [3.05, 3.63) is 46.4 Å². The molecular weight excluding hydrogens is 365 g/mol. The van der Waals surface area contributed by atoms with Crippen LogP contribution in [0.2, 0.25) is 0 Å². The Morgan fingerprint density at radius 3 is 2.44 bits per heavy atom. The number of halogens is 3. The van der Waals surface area contributed by atoms with Gasteiger partial charge in [-0.25, -0.2) is 4.21 Å². The third-order valence-electron chi connectivity index (χ3n) is 3.03. The zero-order valence-electron chi connectivity index (χ0n) is 12.6. The van der Waals surface area contributed by atoms with E-state index >= 15 is 0 Å². The number of carbonyl (C=O) groups excluding carboxylic acids is 1. The number of benzene rings is 1. The maximum absolute atomic E-state index is 12.4. The van der Waals surface area contributed by atoms with Crippen LogP contribution in [0.3, 0.4) is 0 Å². The highest BCUT2D eigenvalue weighted by molar-refractivity contribution is 7.86. The van der Waals surface area contributed by atoms with Gasteiger partial charge in [-0.3, -0.25) is 9.36 Å². The van der Waals surface area contributed by atoms with Gasteiger partial charge in [0.05, 0.1) is 0 Å². The summed E-state index contributed by atoms with van der Waals surface area (Å²) >= 11 is 0. The number of aromatic nitrogens is 2. The molecule has 12 heteroatoms. The van der Waals surface area contributed by atoms with Crippen molar-refractivity contribution in [2.75, 3.05) is 5.32 Å². The second kappa shape index (κ2) is 7.01. The van der Waals surface area contributed by atoms with Crippen LogP contribution >= 0.6 is 0 Å². The normalized spacial score (nSPS) is 12.6. The molecule has 25 heavy (non-hydrogen) atoms. The van der Waals surface area contributed by atoms with Crippen LogP contribution in [-0.4, -0.2) is 30.1 Å². The first kappa shape index (κ1) is 18.6. The Bertz CT molecular complexity index is 833. The molecule has 1 aromatic heterocycles. The number of nitro groups is 1. The SMILES string of the molecule is Cc1nc([N+](=O)[O-])cn1CC(=O)Nc1ccc([S@](=O)C(F)(F)F)cc1. The largest absolute Gasteiger partial charge is 0.475 e. The molecule has 1 N–H and O–H groups in total. The number of hydrogen-bond donors (Lipinski definition) is 1. The fourth-order valence-corrected chi connectivity index (χ4v) is 2.54. The predicted octanol–water partition coefficient (Wildman–Crippen LogP) is 2.37. The molecule has 2 rings (SSSR count). The van der Waals surface area contributed by atoms with Gasteiger partial charge >= 0.3 is 11.3 Å². The van der Waals surface area contributed by atoms with E-state index in [-0.39, 0.29) is 18.1 Å². The van der Waals surface area contributed by atoms with Gasteiger partial charge in [0.1, 0.15) is 12.7 Å². The van der Waals surface area contributed by atoms with E-state index in [2.05, 4.69) is 10.3 Å². The summed E-state index contributed by atoms with van der Waals surface area (Å²) in [4.78, 5) is 25.1. The molecule has 1 heterocycles. The summed E-state index contributed by atoms with van der Waals surface area (Å²) in [6, 6.07) is 4.35. The number of imidazole rings is 1. The van der Waals surface area contributed by atoms with Crippen LogP contribution in [-0.2, 0) is 22.1 Å². The Labute approximate surface area is 141 Å². The number of nitrogens with zero attached hydrogens (tertiary/aromatic N) is 3. The standard InChI is InChI=1S/C13H11F3N4O4S/c1-8-17-11(20(22)23)6-19(8)7-12(21)18-9-2-4-10(5-3-9)25(24)13(14,15)16/h2-6H,7H2,1H3,(H,18,21)/t25-/m0/s1. The van der Waals surface area contributed by atoms with Crippen LogP contribution in [0.4, 0.5) is 24.7 Å². The molecule has 0 saturated heterocycles. The minimum absolute atomic E-state index is 0.195. The number of nitrogens with one attached hydrogen (secondary N) is 1. The van der Waals surface area contributed by atoms with Gasteiger partial charge in [0.15, 0.2) is 10.8 Å². The molecule has 0 radical (unpaired) electrons. The summed E-state index contributed by atoms with van der Waals surface area (Å²) in [6.45, 7) is 1.23. The molecule has 1 atom stereocenters. The van der Waals surface area contributed by atoms with Crippen molar-refractivity contribution in [2.45, 2.75) is 23.9 Å². The maximum Gasteiger partial charge on any atom is 0.475 e. The highest BCUT2D eigenvalue weighted by atomic mass is 32.2. The molecule has 0 aliphatic rings. The molecule has 0 fully saturated rings. The van der Waals surface area contributed by atoms with Crippen molar-refractivity contribution >= 4 is 28.2 Å². The molecular formula is C13H11F3N4O4S. The molecule has 2 aromatic rings. The van der Waals surface area contributed by atoms with Crippen LogP contribution in [0.15, 0.2) is 35.4 Å². The number of aryl methyl sites for hydroxylation is 1. The van der Waals surface area contributed by atoms with E-state index in [9.17, 15) is 32.3 Å². The Morgan fingerprint density at radius 1 is 1.36 bits per heavy atom. The summed E-state index contributed by atoms with van der Waals surface area (Å²) in [5, 5.41) is 13.0. The molecule has 0 saturated carbocycles. The number of amides is 1. The summed E-state index contributed by atoms with van der Waals surface area (Å²) in [5.41, 5.74) is -4.67. The maximum atomic E-state index is 12.4. The average molecular weight is 376 g/mol. The fourth-order valence-electron chi connectivity index (χ4n) is 1.89. The number of alkyl halides is 3. The molecule has 1 amide bonds. The number of anilines is 1. The van der Waals surface area contributed by atoms with Gasteiger partial charge in [0.2, 0.25) is 11.7 Å². The summed E-state index contributed by atoms with van der Waals surface area (Å²) in [7, 11) is -3.15. The fraction of sp³-hybridized carbons (Fsp3) is 0.231. The van der Waals surface area contributed by atoms with E-state index in [4.69, 9.17) is 0 Å². The van der Waals surface area contributed by atoms with Crippen molar-refractivity contribution in [3.63, 3.8) is 0 Å². The Kier molecular flexibility index (Phi) is 5.21. The first-order valence-corrected chi connectivity index (χ1v) is 7.79. The lowest BCUT2D eigenvalue weighted by molar-refractivity contribution is -0.389. The lowest BCUT2D eigenvalue weighted by atomic mass is 10.3. The number of rotatable bonds is 5. The third-order valence-corrected chi connectivity index (χ3v) is 4.15. The lowest BCUT2D eigenvalue weighted by Gasteiger charge is -2.08. The highest BCUT2D eigenvalue weighted by Gasteiger charge is 2.37. The highest BCUT2D eigenvalue weighted by Crippen LogP contribution is 2.26. The summed E-state index contributed by atoms with van der Waals surface area (Å²) in [5.74, 6) is -0.692. The van der Waals surface area contributed by atoms with E-state index in [1.54, 1.807) is 0 Å². The zero-order valence-corrected chi connectivity index (χ0v) is 13.4. The quantitative estimate of drug-likeness (QED) is 0.637. The molecule has 8 nitrogen and oxygen atoms in total. The minimum Gasteiger partial charge on any atom is -0.358 e. The van der Waals surface area contributed by atoms with Crippen LogP contribution in [0.1, 0.15) is 5.82 Å². The zero-order chi connectivity index (χ0) is 18.8. The van der Waals surface area contributed by atoms with Crippen molar-refractivity contribution in [3.8, 4) is 0 Å². The van der Waals surface area contributed by atoms with Crippen molar-refractivity contribution in [2.24, 2.45) is 0 Å². The predicted molar refractivity (Wildman–Crippen MR) is 81.2 cm³/mol. The molecule has 0 unspecified atom stereocenters. The first-order valence-electron chi connectivity index (χ1n) is 6.64. The number of carbonyl (C=O) groups is 1. The Balaban J connectivity index is 2.04. The van der Waals surface area contributed by atoms with Crippen molar-refractivity contribution in [1.82, 2.24) is 9.55 Å². The van der Waals surface area contributed by atoms with E-state index < -0.39 is 37.9 Å². The van der Waals surface area contributed by atoms with Crippen LogP contribution in [0.25, 0.3) is 0 Å². The topological polar surface area (TPSA) is 107 Å². The van der Waals surface area contributed by atoms with E-state index in [0.717, 1.165) is 18.3 Å². The smallest absolute Gasteiger partial charge is 0.358 e. The number of hydrogen-bond acceptors (Lipinski definition) is 5. The second-order valence-electron chi connectivity index (χ2n) is 4.82. The minimum atomic E-state index is -4.86. The molecule has 0 bridgehead atoms. The lowest BCUT2D eigenvalue weighted by Crippen LogP contribution is -2.19. The average Bonchev–Trinajstić information content (AvgIpc) is 2.87. The third kappa shape index (κ3) is 4.62. The van der Waals surface area contributed by atoms with Gasteiger partial charge in [0, 0.05) is 17.5 Å².